The van der Waals surface area contributed by atoms with E-state index in [1.807, 2.05) is 0 Å². The Labute approximate surface area is 79.6 Å². The lowest BCUT2D eigenvalue weighted by atomic mass is 10.2. The van der Waals surface area contributed by atoms with Gasteiger partial charge in [-0.3, -0.25) is 15.5 Å². The van der Waals surface area contributed by atoms with E-state index in [9.17, 15) is 10.1 Å². The molecule has 13 heavy (non-hydrogen) atoms. The van der Waals surface area contributed by atoms with Crippen molar-refractivity contribution in [2.24, 2.45) is 0 Å². The molecule has 1 rings (SSSR count). The number of benzene rings is 1. The maximum Gasteiger partial charge on any atom is 0.279 e. The third-order valence-electron chi connectivity index (χ3n) is 1.55. The van der Waals surface area contributed by atoms with Crippen LogP contribution < -0.4 is 0 Å². The minimum absolute atomic E-state index is 0.0122. The Kier molecular flexibility index (Phi) is 3.02. The Hall–Kier alpha value is -1.36. The van der Waals surface area contributed by atoms with Crippen molar-refractivity contribution < 1.29 is 4.92 Å². The summed E-state index contributed by atoms with van der Waals surface area (Å²) in [5.74, 6) is 0. The van der Waals surface area contributed by atoms with Gasteiger partial charge < -0.3 is 0 Å². The number of nitro groups is 1. The van der Waals surface area contributed by atoms with Crippen LogP contribution in [0.25, 0.3) is 0 Å². The topological polar surface area (TPSA) is 67.0 Å². The molecule has 1 aromatic carbocycles. The number of hydrogen-bond acceptors (Lipinski definition) is 4. The van der Waals surface area contributed by atoms with Crippen LogP contribution in [-0.4, -0.2) is 16.2 Å². The number of nitrogens with one attached hydrogen (secondary N) is 1. The number of nitro benzene ring substituents is 1. The van der Waals surface area contributed by atoms with E-state index >= 15 is 0 Å². The summed E-state index contributed by atoms with van der Waals surface area (Å²) in [6, 6.07) is 6.26. The fourth-order valence-corrected chi connectivity index (χ4v) is 1.33. The maximum absolute atomic E-state index is 10.5. The summed E-state index contributed by atoms with van der Waals surface area (Å²) in [6.45, 7) is 0. The third-order valence-corrected chi connectivity index (χ3v) is 2.18. The lowest BCUT2D eigenvalue weighted by Crippen LogP contribution is -1.99. The van der Waals surface area contributed by atoms with Crippen molar-refractivity contribution in [2.75, 3.05) is 6.26 Å². The van der Waals surface area contributed by atoms with Gasteiger partial charge in [0.05, 0.1) is 10.5 Å². The third kappa shape index (κ3) is 2.06. The van der Waals surface area contributed by atoms with E-state index in [4.69, 9.17) is 5.41 Å². The zero-order valence-corrected chi connectivity index (χ0v) is 7.80. The maximum atomic E-state index is 10.5. The molecule has 0 unspecified atom stereocenters. The van der Waals surface area contributed by atoms with Crippen LogP contribution in [0.1, 0.15) is 5.56 Å². The molecule has 0 spiro atoms. The van der Waals surface area contributed by atoms with Crippen molar-refractivity contribution in [1.29, 1.82) is 5.41 Å². The first kappa shape index (κ1) is 9.73. The highest BCUT2D eigenvalue weighted by Gasteiger charge is 2.14. The first-order valence-electron chi connectivity index (χ1n) is 3.53. The molecule has 5 heteroatoms. The number of rotatable bonds is 2. The van der Waals surface area contributed by atoms with Crippen LogP contribution in [0, 0.1) is 15.5 Å². The number of hydrogen-bond donors (Lipinski definition) is 1. The molecular weight excluding hydrogens is 188 g/mol. The molecule has 0 fully saturated rings. The summed E-state index contributed by atoms with van der Waals surface area (Å²) < 4.78 is 0. The SMILES string of the molecule is CSC(=N)c1ccccc1[N+](=O)[O-]. The van der Waals surface area contributed by atoms with Crippen molar-refractivity contribution in [3.05, 3.63) is 39.9 Å². The van der Waals surface area contributed by atoms with Crippen molar-refractivity contribution in [3.8, 4) is 0 Å². The smallest absolute Gasteiger partial charge is 0.279 e. The molecule has 4 nitrogen and oxygen atoms in total. The standard InChI is InChI=1S/C8H8N2O2S/c1-13-8(9)6-4-2-3-5-7(6)10(11)12/h2-5,9H,1H3. The van der Waals surface area contributed by atoms with Gasteiger partial charge in [-0.1, -0.05) is 12.1 Å². The van der Waals surface area contributed by atoms with Gasteiger partial charge in [-0.05, 0) is 12.3 Å². The van der Waals surface area contributed by atoms with Gasteiger partial charge >= 0.3 is 0 Å². The van der Waals surface area contributed by atoms with E-state index in [1.165, 1.54) is 17.8 Å². The van der Waals surface area contributed by atoms with Crippen LogP contribution in [0.4, 0.5) is 5.69 Å². The monoisotopic (exact) mass is 196 g/mol. The van der Waals surface area contributed by atoms with E-state index in [0.717, 1.165) is 0 Å². The molecular formula is C8H8N2O2S. The summed E-state index contributed by atoms with van der Waals surface area (Å²) in [7, 11) is 0. The van der Waals surface area contributed by atoms with Gasteiger partial charge in [0.2, 0.25) is 0 Å². The molecule has 0 aliphatic carbocycles. The average Bonchev–Trinajstić information content (AvgIpc) is 2.16. The van der Waals surface area contributed by atoms with Gasteiger partial charge in [-0.2, -0.15) is 0 Å². The van der Waals surface area contributed by atoms with E-state index < -0.39 is 4.92 Å². The highest BCUT2D eigenvalue weighted by molar-refractivity contribution is 8.13. The normalized spacial score (nSPS) is 9.62. The van der Waals surface area contributed by atoms with Gasteiger partial charge in [-0.25, -0.2) is 0 Å². The molecule has 0 bridgehead atoms. The van der Waals surface area contributed by atoms with E-state index in [1.54, 1.807) is 24.5 Å². The largest absolute Gasteiger partial charge is 0.293 e. The second-order valence-electron chi connectivity index (χ2n) is 2.31. The van der Waals surface area contributed by atoms with Gasteiger partial charge in [0, 0.05) is 6.07 Å². The Morgan fingerprint density at radius 2 is 2.15 bits per heavy atom. The fourth-order valence-electron chi connectivity index (χ4n) is 0.935. The van der Waals surface area contributed by atoms with Crippen LogP contribution in [-0.2, 0) is 0 Å². The second-order valence-corrected chi connectivity index (χ2v) is 3.12. The number of para-hydroxylation sites is 1. The predicted octanol–water partition coefficient (Wildman–Crippen LogP) is 2.28. The Morgan fingerprint density at radius 1 is 1.54 bits per heavy atom. The molecule has 1 aromatic rings. The molecule has 0 heterocycles. The fraction of sp³-hybridized carbons (Fsp3) is 0.125. The second kappa shape index (κ2) is 4.04. The van der Waals surface area contributed by atoms with Crippen LogP contribution >= 0.6 is 11.8 Å². The zero-order valence-electron chi connectivity index (χ0n) is 6.98. The van der Waals surface area contributed by atoms with E-state index in [0.29, 0.717) is 5.56 Å². The summed E-state index contributed by atoms with van der Waals surface area (Å²) >= 11 is 1.19. The predicted molar refractivity (Wildman–Crippen MR) is 53.4 cm³/mol. The van der Waals surface area contributed by atoms with Gasteiger partial charge in [-0.15, -0.1) is 11.8 Å². The Balaban J connectivity index is 3.19. The molecule has 0 saturated heterocycles. The lowest BCUT2D eigenvalue weighted by Gasteiger charge is -2.00. The van der Waals surface area contributed by atoms with Crippen LogP contribution in [0.2, 0.25) is 0 Å². The minimum atomic E-state index is -0.472. The average molecular weight is 196 g/mol. The van der Waals surface area contributed by atoms with Gasteiger partial charge in [0.15, 0.2) is 0 Å². The van der Waals surface area contributed by atoms with Crippen molar-refractivity contribution in [3.63, 3.8) is 0 Å². The lowest BCUT2D eigenvalue weighted by molar-refractivity contribution is -0.385. The van der Waals surface area contributed by atoms with E-state index in [-0.39, 0.29) is 10.7 Å². The quantitative estimate of drug-likeness (QED) is 0.341. The van der Waals surface area contributed by atoms with Crippen LogP contribution in [0.3, 0.4) is 0 Å². The molecule has 0 aromatic heterocycles. The Morgan fingerprint density at radius 3 is 2.69 bits per heavy atom. The molecule has 0 aliphatic rings. The molecule has 0 saturated carbocycles. The van der Waals surface area contributed by atoms with Gasteiger partial charge in [0.1, 0.15) is 5.04 Å². The first-order chi connectivity index (χ1) is 6.16. The zero-order chi connectivity index (χ0) is 9.84. The molecule has 0 atom stereocenters. The molecule has 68 valence electrons. The first-order valence-corrected chi connectivity index (χ1v) is 4.75. The van der Waals surface area contributed by atoms with Crippen molar-refractivity contribution >= 4 is 22.5 Å². The minimum Gasteiger partial charge on any atom is -0.293 e. The summed E-state index contributed by atoms with van der Waals surface area (Å²) in [4.78, 5) is 10.1. The van der Waals surface area contributed by atoms with Gasteiger partial charge in [0.25, 0.3) is 5.69 Å². The summed E-state index contributed by atoms with van der Waals surface area (Å²) in [6.07, 6.45) is 1.72. The van der Waals surface area contributed by atoms with Crippen molar-refractivity contribution in [1.82, 2.24) is 0 Å². The highest BCUT2D eigenvalue weighted by atomic mass is 32.2. The molecule has 1 N–H and O–H groups in total. The highest BCUT2D eigenvalue weighted by Crippen LogP contribution is 2.21. The number of nitrogens with zero attached hydrogens (tertiary/aromatic N) is 1. The van der Waals surface area contributed by atoms with Crippen LogP contribution in [0.15, 0.2) is 24.3 Å². The number of thioether (sulfide) groups is 1. The van der Waals surface area contributed by atoms with Crippen molar-refractivity contribution in [2.45, 2.75) is 0 Å². The summed E-state index contributed by atoms with van der Waals surface area (Å²) in [5.41, 5.74) is 0.363. The van der Waals surface area contributed by atoms with Crippen LogP contribution in [0.5, 0.6) is 0 Å². The summed E-state index contributed by atoms with van der Waals surface area (Å²) in [5, 5.41) is 18.2. The van der Waals surface area contributed by atoms with E-state index in [2.05, 4.69) is 0 Å². The molecule has 0 amide bonds. The molecule has 0 aliphatic heterocycles. The Bertz CT molecular complexity index is 352. The molecule has 0 radical (unpaired) electrons.